The topological polar surface area (TPSA) is 9.23 Å². The maximum atomic E-state index is 4.85. The standard InChI is InChI=1S/C5H10OS2.Li/c1-4(2)3-6-5(7)8;/h4H,3H2,1-2H3,(H,7,8);/q;+1/p-1. The first kappa shape index (κ1) is 12.4. The van der Waals surface area contributed by atoms with Crippen LogP contribution < -0.4 is 18.9 Å². The van der Waals surface area contributed by atoms with Crippen molar-refractivity contribution in [1.82, 2.24) is 0 Å². The van der Waals surface area contributed by atoms with E-state index in [0.29, 0.717) is 12.5 Å². The fourth-order valence-corrected chi connectivity index (χ4v) is 0.371. The molecule has 0 rings (SSSR count). The molecule has 4 heteroatoms. The van der Waals surface area contributed by atoms with Gasteiger partial charge in [-0.1, -0.05) is 13.8 Å². The molecule has 0 aromatic heterocycles. The van der Waals surface area contributed by atoms with Gasteiger partial charge in [-0.25, -0.2) is 0 Å². The van der Waals surface area contributed by atoms with E-state index in [2.05, 4.69) is 24.8 Å². The molecule has 0 aliphatic heterocycles. The zero-order valence-corrected chi connectivity index (χ0v) is 7.64. The molecule has 0 saturated heterocycles. The smallest absolute Gasteiger partial charge is 0.513 e. The molecule has 0 heterocycles. The first-order valence-corrected chi connectivity index (χ1v) is 3.28. The van der Waals surface area contributed by atoms with Crippen LogP contribution in [0.25, 0.3) is 0 Å². The van der Waals surface area contributed by atoms with Gasteiger partial charge in [-0.2, -0.15) is 0 Å². The Kier molecular flexibility index (Phi) is 9.39. The largest absolute Gasteiger partial charge is 1.00 e. The fraction of sp³-hybridized carbons (Fsp3) is 0.800. The van der Waals surface area contributed by atoms with Crippen LogP contribution >= 0.6 is 12.2 Å². The Labute approximate surface area is 79.1 Å². The number of thiocarbonyl (C=S) groups is 1. The third-order valence-corrected chi connectivity index (χ3v) is 0.770. The van der Waals surface area contributed by atoms with E-state index in [1.54, 1.807) is 0 Å². The second-order valence-corrected chi connectivity index (χ2v) is 2.95. The monoisotopic (exact) mass is 156 g/mol. The Morgan fingerprint density at radius 3 is 2.22 bits per heavy atom. The molecule has 0 bridgehead atoms. The predicted molar refractivity (Wildman–Crippen MR) is 40.8 cm³/mol. The zero-order chi connectivity index (χ0) is 6.57. The van der Waals surface area contributed by atoms with Gasteiger partial charge in [-0.15, -0.1) is 0 Å². The summed E-state index contributed by atoms with van der Waals surface area (Å²) < 4.78 is 5.07. The molecule has 0 aliphatic rings. The van der Waals surface area contributed by atoms with Crippen LogP contribution in [0, 0.1) is 5.92 Å². The van der Waals surface area contributed by atoms with Gasteiger partial charge >= 0.3 is 18.9 Å². The molecular formula is C5H9LiOS2. The summed E-state index contributed by atoms with van der Waals surface area (Å²) in [6.07, 6.45) is 0. The summed E-state index contributed by atoms with van der Waals surface area (Å²) in [5, 5.41) is 0. The van der Waals surface area contributed by atoms with E-state index in [1.165, 1.54) is 0 Å². The number of ether oxygens (including phenoxy) is 1. The summed E-state index contributed by atoms with van der Waals surface area (Å²) in [6.45, 7) is 4.74. The van der Waals surface area contributed by atoms with Crippen molar-refractivity contribution in [3.05, 3.63) is 0 Å². The third kappa shape index (κ3) is 12.0. The molecule has 0 fully saturated rings. The molecule has 0 atom stereocenters. The van der Waals surface area contributed by atoms with E-state index in [1.807, 2.05) is 13.8 Å². The molecule has 0 spiro atoms. The Morgan fingerprint density at radius 1 is 1.67 bits per heavy atom. The molecule has 0 unspecified atom stereocenters. The van der Waals surface area contributed by atoms with Crippen LogP contribution in [0.3, 0.4) is 0 Å². The third-order valence-electron chi connectivity index (χ3n) is 0.535. The molecule has 0 saturated carbocycles. The quantitative estimate of drug-likeness (QED) is 0.273. The molecule has 0 radical (unpaired) electrons. The Balaban J connectivity index is 0. The summed E-state index contributed by atoms with van der Waals surface area (Å²) in [4.78, 5) is 0. The van der Waals surface area contributed by atoms with Crippen LogP contribution in [-0.2, 0) is 17.4 Å². The summed E-state index contributed by atoms with van der Waals surface area (Å²) in [5.41, 5.74) is 0. The maximum absolute atomic E-state index is 4.85. The van der Waals surface area contributed by atoms with E-state index in [0.717, 1.165) is 0 Å². The molecule has 48 valence electrons. The van der Waals surface area contributed by atoms with Crippen molar-refractivity contribution in [2.45, 2.75) is 13.8 Å². The van der Waals surface area contributed by atoms with Crippen molar-refractivity contribution in [1.29, 1.82) is 0 Å². The number of rotatable bonds is 2. The van der Waals surface area contributed by atoms with E-state index < -0.39 is 0 Å². The fourth-order valence-electron chi connectivity index (χ4n) is 0.235. The van der Waals surface area contributed by atoms with Crippen LogP contribution in [0.15, 0.2) is 0 Å². The Hall–Kier alpha value is 0.707. The van der Waals surface area contributed by atoms with E-state index in [-0.39, 0.29) is 23.2 Å². The van der Waals surface area contributed by atoms with Crippen molar-refractivity contribution < 1.29 is 23.6 Å². The molecule has 9 heavy (non-hydrogen) atoms. The van der Waals surface area contributed by atoms with Crippen LogP contribution in [-0.4, -0.2) is 11.0 Å². The second-order valence-electron chi connectivity index (χ2n) is 1.95. The van der Waals surface area contributed by atoms with Gasteiger partial charge in [0.1, 0.15) is 0 Å². The van der Waals surface area contributed by atoms with E-state index in [4.69, 9.17) is 4.74 Å². The molecule has 1 nitrogen and oxygen atoms in total. The van der Waals surface area contributed by atoms with Crippen LogP contribution in [0.1, 0.15) is 13.8 Å². The average Bonchev–Trinajstić information content (AvgIpc) is 1.61. The molecular weight excluding hydrogens is 147 g/mol. The van der Waals surface area contributed by atoms with Gasteiger partial charge in [0.05, 0.1) is 6.61 Å². The SMILES string of the molecule is CC(C)COC(=S)[S-].[Li+]. The average molecular weight is 156 g/mol. The number of hydrogen-bond acceptors (Lipinski definition) is 3. The van der Waals surface area contributed by atoms with Crippen molar-refractivity contribution in [2.24, 2.45) is 5.92 Å². The predicted octanol–water partition coefficient (Wildman–Crippen LogP) is -1.51. The van der Waals surface area contributed by atoms with Crippen molar-refractivity contribution in [3.63, 3.8) is 0 Å². The summed E-state index contributed by atoms with van der Waals surface area (Å²) in [6, 6.07) is 0. The van der Waals surface area contributed by atoms with Crippen molar-refractivity contribution in [2.75, 3.05) is 6.61 Å². The van der Waals surface area contributed by atoms with Crippen molar-refractivity contribution in [3.8, 4) is 0 Å². The minimum absolute atomic E-state index is 0. The number of hydrogen-bond donors (Lipinski definition) is 0. The summed E-state index contributed by atoms with van der Waals surface area (Å²) in [7, 11) is 0. The van der Waals surface area contributed by atoms with Crippen molar-refractivity contribution >= 4 is 29.2 Å². The zero-order valence-electron chi connectivity index (χ0n) is 6.01. The van der Waals surface area contributed by atoms with Gasteiger partial charge in [0.15, 0.2) is 0 Å². The van der Waals surface area contributed by atoms with Crippen LogP contribution in [0.4, 0.5) is 0 Å². The van der Waals surface area contributed by atoms with E-state index in [9.17, 15) is 0 Å². The molecule has 0 aromatic carbocycles. The Bertz CT molecular complexity index is 85.0. The van der Waals surface area contributed by atoms with Gasteiger partial charge in [0.2, 0.25) is 0 Å². The van der Waals surface area contributed by atoms with Gasteiger partial charge in [-0.05, 0) is 5.92 Å². The minimum atomic E-state index is 0. The molecule has 0 amide bonds. The van der Waals surface area contributed by atoms with Crippen LogP contribution in [0.2, 0.25) is 0 Å². The van der Waals surface area contributed by atoms with Gasteiger partial charge in [-0.3, -0.25) is 0 Å². The van der Waals surface area contributed by atoms with Gasteiger partial charge in [0.25, 0.3) is 0 Å². The Morgan fingerprint density at radius 2 is 2.11 bits per heavy atom. The minimum Gasteiger partial charge on any atom is -0.513 e. The van der Waals surface area contributed by atoms with Gasteiger partial charge in [0, 0.05) is 4.38 Å². The molecule has 0 N–H and O–H groups in total. The first-order chi connectivity index (χ1) is 3.63. The first-order valence-electron chi connectivity index (χ1n) is 2.46. The van der Waals surface area contributed by atoms with Crippen LogP contribution in [0.5, 0.6) is 0 Å². The molecule has 0 aromatic rings. The molecule has 0 aliphatic carbocycles. The van der Waals surface area contributed by atoms with Gasteiger partial charge < -0.3 is 29.6 Å². The summed E-state index contributed by atoms with van der Waals surface area (Å²) in [5.74, 6) is 0.510. The van der Waals surface area contributed by atoms with E-state index >= 15 is 0 Å². The second kappa shape index (κ2) is 6.82. The normalized spacial score (nSPS) is 8.33. The summed E-state index contributed by atoms with van der Waals surface area (Å²) >= 11 is 9.01. The maximum Gasteiger partial charge on any atom is 1.00 e.